The minimum atomic E-state index is -2.73. The second-order valence-electron chi connectivity index (χ2n) is 2.51. The summed E-state index contributed by atoms with van der Waals surface area (Å²) in [6, 6.07) is 2.93. The Labute approximate surface area is 84.1 Å². The minimum absolute atomic E-state index is 0.0115. The normalized spacial score (nSPS) is 10.2. The molecular formula is C8H6ClF2N3. The third kappa shape index (κ3) is 1.91. The zero-order valence-corrected chi connectivity index (χ0v) is 7.72. The van der Waals surface area contributed by atoms with Crippen LogP contribution in [0.1, 0.15) is 23.2 Å². The number of alkyl halides is 3. The molecule has 6 heteroatoms. The van der Waals surface area contributed by atoms with Crippen LogP contribution in [0.3, 0.4) is 0 Å². The van der Waals surface area contributed by atoms with E-state index in [9.17, 15) is 8.78 Å². The Bertz CT molecular complexity index is 387. The second kappa shape index (κ2) is 4.20. The summed E-state index contributed by atoms with van der Waals surface area (Å²) in [6.07, 6.45) is -2.73. The van der Waals surface area contributed by atoms with Crippen molar-refractivity contribution >= 4 is 17.4 Å². The number of nitrogens with zero attached hydrogens (tertiary/aromatic N) is 2. The standard InChI is InChI=1S/C8H6ClF2N3/c9-2-4-1-5(3-12)14-8(13)6(4)7(10)11/h1,7H,2H2,(H2,13,14). The largest absolute Gasteiger partial charge is 0.383 e. The van der Waals surface area contributed by atoms with Crippen molar-refractivity contribution in [1.82, 2.24) is 4.98 Å². The number of hydrogen-bond donors (Lipinski definition) is 1. The average molecular weight is 218 g/mol. The predicted molar refractivity (Wildman–Crippen MR) is 47.9 cm³/mol. The number of pyridine rings is 1. The van der Waals surface area contributed by atoms with Crippen molar-refractivity contribution in [2.45, 2.75) is 12.3 Å². The number of anilines is 1. The molecule has 0 aliphatic heterocycles. The molecule has 1 aromatic heterocycles. The predicted octanol–water partition coefficient (Wildman–Crippen LogP) is 2.21. The Hall–Kier alpha value is -1.41. The number of nitriles is 1. The van der Waals surface area contributed by atoms with Crippen LogP contribution in [0.4, 0.5) is 14.6 Å². The molecule has 0 aromatic carbocycles. The Morgan fingerprint density at radius 2 is 2.29 bits per heavy atom. The maximum atomic E-state index is 12.4. The van der Waals surface area contributed by atoms with Crippen LogP contribution >= 0.6 is 11.6 Å². The Balaban J connectivity index is 3.36. The summed E-state index contributed by atoms with van der Waals surface area (Å²) in [5.41, 5.74) is 5.02. The van der Waals surface area contributed by atoms with E-state index in [1.54, 1.807) is 6.07 Å². The molecule has 0 aliphatic rings. The summed E-state index contributed by atoms with van der Waals surface area (Å²) in [6.45, 7) is 0. The van der Waals surface area contributed by atoms with Crippen molar-refractivity contribution in [2.24, 2.45) is 0 Å². The van der Waals surface area contributed by atoms with Gasteiger partial charge in [0.25, 0.3) is 6.43 Å². The van der Waals surface area contributed by atoms with Gasteiger partial charge >= 0.3 is 0 Å². The summed E-state index contributed by atoms with van der Waals surface area (Å²) in [5, 5.41) is 8.51. The molecule has 0 saturated heterocycles. The maximum absolute atomic E-state index is 12.4. The Kier molecular flexibility index (Phi) is 3.20. The van der Waals surface area contributed by atoms with Crippen LogP contribution in [0.15, 0.2) is 6.07 Å². The van der Waals surface area contributed by atoms with Crippen LogP contribution < -0.4 is 5.73 Å². The highest BCUT2D eigenvalue weighted by Gasteiger charge is 2.18. The first kappa shape index (κ1) is 10.7. The summed E-state index contributed by atoms with van der Waals surface area (Å²) in [4.78, 5) is 3.50. The van der Waals surface area contributed by atoms with E-state index in [0.29, 0.717) is 0 Å². The molecule has 0 amide bonds. The molecule has 0 spiro atoms. The number of hydrogen-bond acceptors (Lipinski definition) is 3. The Morgan fingerprint density at radius 3 is 2.71 bits per heavy atom. The fourth-order valence-corrected chi connectivity index (χ4v) is 1.27. The van der Waals surface area contributed by atoms with E-state index >= 15 is 0 Å². The molecule has 0 bridgehead atoms. The van der Waals surface area contributed by atoms with E-state index in [4.69, 9.17) is 22.6 Å². The van der Waals surface area contributed by atoms with Gasteiger partial charge in [0.2, 0.25) is 0 Å². The SMILES string of the molecule is N#Cc1cc(CCl)c(C(F)F)c(N)n1. The molecule has 0 saturated carbocycles. The zero-order valence-electron chi connectivity index (χ0n) is 6.97. The van der Waals surface area contributed by atoms with E-state index in [2.05, 4.69) is 4.98 Å². The average Bonchev–Trinajstić information content (AvgIpc) is 2.15. The van der Waals surface area contributed by atoms with Crippen LogP contribution in [-0.2, 0) is 5.88 Å². The lowest BCUT2D eigenvalue weighted by molar-refractivity contribution is 0.151. The number of nitrogen functional groups attached to an aromatic ring is 1. The third-order valence-corrected chi connectivity index (χ3v) is 1.94. The topological polar surface area (TPSA) is 62.7 Å². The van der Waals surface area contributed by atoms with Crippen molar-refractivity contribution in [2.75, 3.05) is 5.73 Å². The fourth-order valence-electron chi connectivity index (χ4n) is 1.05. The lowest BCUT2D eigenvalue weighted by Crippen LogP contribution is -2.04. The fraction of sp³-hybridized carbons (Fsp3) is 0.250. The van der Waals surface area contributed by atoms with Gasteiger partial charge in [-0.2, -0.15) is 5.26 Å². The minimum Gasteiger partial charge on any atom is -0.383 e. The second-order valence-corrected chi connectivity index (χ2v) is 2.78. The molecular weight excluding hydrogens is 212 g/mol. The van der Waals surface area contributed by atoms with Crippen LogP contribution in [-0.4, -0.2) is 4.98 Å². The molecule has 1 aromatic rings. The number of halogens is 3. The number of rotatable bonds is 2. The van der Waals surface area contributed by atoms with Gasteiger partial charge in [-0.3, -0.25) is 0 Å². The van der Waals surface area contributed by atoms with Gasteiger partial charge in [-0.25, -0.2) is 13.8 Å². The molecule has 14 heavy (non-hydrogen) atoms. The van der Waals surface area contributed by atoms with Gasteiger partial charge in [0.15, 0.2) is 0 Å². The molecule has 0 atom stereocenters. The van der Waals surface area contributed by atoms with Crippen molar-refractivity contribution in [1.29, 1.82) is 5.26 Å². The van der Waals surface area contributed by atoms with Gasteiger partial charge in [0.05, 0.1) is 5.56 Å². The molecule has 0 unspecified atom stereocenters. The van der Waals surface area contributed by atoms with Crippen LogP contribution in [0.5, 0.6) is 0 Å². The molecule has 0 fully saturated rings. The highest BCUT2D eigenvalue weighted by Crippen LogP contribution is 2.28. The summed E-state index contributed by atoms with van der Waals surface area (Å²) in [5.74, 6) is -0.462. The van der Waals surface area contributed by atoms with Gasteiger partial charge in [-0.1, -0.05) is 0 Å². The molecule has 2 N–H and O–H groups in total. The van der Waals surface area contributed by atoms with Crippen molar-refractivity contribution < 1.29 is 8.78 Å². The first-order chi connectivity index (χ1) is 6.60. The van der Waals surface area contributed by atoms with E-state index in [0.717, 1.165) is 0 Å². The van der Waals surface area contributed by atoms with Gasteiger partial charge < -0.3 is 5.73 Å². The van der Waals surface area contributed by atoms with Gasteiger partial charge in [0, 0.05) is 5.88 Å². The van der Waals surface area contributed by atoms with E-state index in [1.165, 1.54) is 6.07 Å². The molecule has 0 radical (unpaired) electrons. The van der Waals surface area contributed by atoms with Crippen LogP contribution in [0.25, 0.3) is 0 Å². The summed E-state index contributed by atoms with van der Waals surface area (Å²) < 4.78 is 24.9. The summed E-state index contributed by atoms with van der Waals surface area (Å²) in [7, 11) is 0. The van der Waals surface area contributed by atoms with E-state index < -0.39 is 6.43 Å². The van der Waals surface area contributed by atoms with Crippen molar-refractivity contribution in [3.8, 4) is 6.07 Å². The monoisotopic (exact) mass is 217 g/mol. The van der Waals surface area contributed by atoms with Gasteiger partial charge in [0.1, 0.15) is 17.6 Å². The van der Waals surface area contributed by atoms with Crippen LogP contribution in [0, 0.1) is 11.3 Å². The third-order valence-electron chi connectivity index (χ3n) is 1.65. The lowest BCUT2D eigenvalue weighted by atomic mass is 10.1. The highest BCUT2D eigenvalue weighted by molar-refractivity contribution is 6.17. The molecule has 1 heterocycles. The van der Waals surface area contributed by atoms with Crippen molar-refractivity contribution in [3.63, 3.8) is 0 Å². The summed E-state index contributed by atoms with van der Waals surface area (Å²) >= 11 is 5.45. The zero-order chi connectivity index (χ0) is 10.7. The smallest absolute Gasteiger partial charge is 0.267 e. The van der Waals surface area contributed by atoms with Crippen LogP contribution in [0.2, 0.25) is 0 Å². The highest BCUT2D eigenvalue weighted by atomic mass is 35.5. The van der Waals surface area contributed by atoms with Gasteiger partial charge in [-0.05, 0) is 11.6 Å². The molecule has 1 rings (SSSR count). The quantitative estimate of drug-likeness (QED) is 0.773. The molecule has 74 valence electrons. The van der Waals surface area contributed by atoms with Crippen molar-refractivity contribution in [3.05, 3.63) is 22.9 Å². The van der Waals surface area contributed by atoms with Gasteiger partial charge in [-0.15, -0.1) is 11.6 Å². The van der Waals surface area contributed by atoms with E-state index in [-0.39, 0.29) is 28.5 Å². The molecule has 0 aliphatic carbocycles. The molecule has 3 nitrogen and oxygen atoms in total. The number of aromatic nitrogens is 1. The van der Waals surface area contributed by atoms with E-state index in [1.807, 2.05) is 0 Å². The maximum Gasteiger partial charge on any atom is 0.267 e. The lowest BCUT2D eigenvalue weighted by Gasteiger charge is -2.08. The first-order valence-corrected chi connectivity index (χ1v) is 4.17. The first-order valence-electron chi connectivity index (χ1n) is 3.63. The number of nitrogens with two attached hydrogens (primary N) is 1. The Morgan fingerprint density at radius 1 is 1.64 bits per heavy atom.